The second-order valence-electron chi connectivity index (χ2n) is 4.73. The van der Waals surface area contributed by atoms with Crippen molar-refractivity contribution in [1.82, 2.24) is 5.32 Å². The highest BCUT2D eigenvalue weighted by Crippen LogP contribution is 2.23. The predicted octanol–water partition coefficient (Wildman–Crippen LogP) is 1.98. The van der Waals surface area contributed by atoms with Crippen molar-refractivity contribution in [2.24, 2.45) is 5.92 Å². The summed E-state index contributed by atoms with van der Waals surface area (Å²) in [6.45, 7) is 4.36. The van der Waals surface area contributed by atoms with Gasteiger partial charge >= 0.3 is 5.97 Å². The van der Waals surface area contributed by atoms with Gasteiger partial charge < -0.3 is 10.1 Å². The van der Waals surface area contributed by atoms with Crippen LogP contribution in [0.2, 0.25) is 0 Å². The summed E-state index contributed by atoms with van der Waals surface area (Å²) in [7, 11) is 0. The molecule has 1 fully saturated rings. The molecule has 1 aliphatic carbocycles. The van der Waals surface area contributed by atoms with Crippen molar-refractivity contribution in [3.63, 3.8) is 0 Å². The van der Waals surface area contributed by atoms with Crippen molar-refractivity contribution < 1.29 is 14.3 Å². The Hall–Kier alpha value is -0.710. The Balaban J connectivity index is 2.15. The van der Waals surface area contributed by atoms with E-state index < -0.39 is 0 Å². The Kier molecular flexibility index (Phi) is 7.16. The zero-order valence-electron chi connectivity index (χ0n) is 11.2. The van der Waals surface area contributed by atoms with Gasteiger partial charge in [0.05, 0.1) is 18.1 Å². The summed E-state index contributed by atoms with van der Waals surface area (Å²) < 4.78 is 4.80. The molecule has 5 heteroatoms. The van der Waals surface area contributed by atoms with Crippen molar-refractivity contribution in [1.29, 1.82) is 0 Å². The van der Waals surface area contributed by atoms with Crippen LogP contribution in [0.15, 0.2) is 0 Å². The van der Waals surface area contributed by atoms with Crippen LogP contribution in [0, 0.1) is 5.92 Å². The summed E-state index contributed by atoms with van der Waals surface area (Å²) in [5.74, 6) is 0.936. The summed E-state index contributed by atoms with van der Waals surface area (Å²) in [5, 5.41) is 3.06. The van der Waals surface area contributed by atoms with E-state index in [1.54, 1.807) is 6.92 Å². The van der Waals surface area contributed by atoms with Crippen LogP contribution in [-0.2, 0) is 14.3 Å². The zero-order chi connectivity index (χ0) is 13.4. The molecule has 0 aliphatic heterocycles. The molecular weight excluding hydrogens is 250 g/mol. The van der Waals surface area contributed by atoms with Crippen molar-refractivity contribution in [2.45, 2.75) is 45.6 Å². The maximum atomic E-state index is 11.7. The summed E-state index contributed by atoms with van der Waals surface area (Å²) in [5.41, 5.74) is 0. The highest BCUT2D eigenvalue weighted by Gasteiger charge is 2.22. The molecule has 4 nitrogen and oxygen atoms in total. The normalized spacial score (nSPS) is 23.4. The van der Waals surface area contributed by atoms with Gasteiger partial charge in [-0.25, -0.2) is 0 Å². The molecule has 0 spiro atoms. The summed E-state index contributed by atoms with van der Waals surface area (Å²) in [4.78, 5) is 22.8. The first-order chi connectivity index (χ1) is 8.63. The average molecular weight is 273 g/mol. The molecule has 1 aliphatic rings. The monoisotopic (exact) mass is 273 g/mol. The molecule has 18 heavy (non-hydrogen) atoms. The Morgan fingerprint density at radius 1 is 1.28 bits per heavy atom. The van der Waals surface area contributed by atoms with Crippen LogP contribution in [-0.4, -0.2) is 36.0 Å². The van der Waals surface area contributed by atoms with E-state index >= 15 is 0 Å². The highest BCUT2D eigenvalue weighted by atomic mass is 32.2. The molecule has 0 bridgehead atoms. The molecule has 0 aromatic carbocycles. The van der Waals surface area contributed by atoms with Gasteiger partial charge in [-0.15, -0.1) is 11.8 Å². The number of hydrogen-bond donors (Lipinski definition) is 1. The van der Waals surface area contributed by atoms with E-state index in [0.717, 1.165) is 6.42 Å². The number of thioether (sulfide) groups is 1. The van der Waals surface area contributed by atoms with Crippen molar-refractivity contribution >= 4 is 23.6 Å². The first-order valence-electron chi connectivity index (χ1n) is 6.66. The fourth-order valence-corrected chi connectivity index (χ4v) is 2.83. The van der Waals surface area contributed by atoms with Crippen LogP contribution in [0.5, 0.6) is 0 Å². The Morgan fingerprint density at radius 2 is 2.00 bits per heavy atom. The Morgan fingerprint density at radius 3 is 2.67 bits per heavy atom. The molecule has 1 amide bonds. The lowest BCUT2D eigenvalue weighted by Crippen LogP contribution is -2.41. The van der Waals surface area contributed by atoms with E-state index in [2.05, 4.69) is 12.2 Å². The highest BCUT2D eigenvalue weighted by molar-refractivity contribution is 8.00. The van der Waals surface area contributed by atoms with E-state index in [0.29, 0.717) is 24.3 Å². The fourth-order valence-electron chi connectivity index (χ4n) is 2.21. The molecule has 1 saturated carbocycles. The second-order valence-corrected chi connectivity index (χ2v) is 5.72. The van der Waals surface area contributed by atoms with Crippen molar-refractivity contribution in [2.75, 3.05) is 18.1 Å². The third kappa shape index (κ3) is 5.76. The SMILES string of the molecule is CCOC(=O)CSCC(=O)N[C@H]1CCCC[C@H]1C. The number of carbonyl (C=O) groups excluding carboxylic acids is 2. The molecule has 0 unspecified atom stereocenters. The van der Waals surface area contributed by atoms with Crippen LogP contribution >= 0.6 is 11.8 Å². The lowest BCUT2D eigenvalue weighted by Gasteiger charge is -2.29. The number of amides is 1. The number of ether oxygens (including phenoxy) is 1. The van der Waals surface area contributed by atoms with Gasteiger partial charge in [0.1, 0.15) is 0 Å². The van der Waals surface area contributed by atoms with E-state index in [9.17, 15) is 9.59 Å². The molecule has 1 N–H and O–H groups in total. The molecular formula is C13H23NO3S. The van der Waals surface area contributed by atoms with Gasteiger partial charge in [0, 0.05) is 6.04 Å². The summed E-state index contributed by atoms with van der Waals surface area (Å²) in [6, 6.07) is 0.314. The smallest absolute Gasteiger partial charge is 0.315 e. The Bertz CT molecular complexity index is 283. The fraction of sp³-hybridized carbons (Fsp3) is 0.846. The minimum absolute atomic E-state index is 0.0306. The number of esters is 1. The van der Waals surface area contributed by atoms with Gasteiger partial charge in [-0.3, -0.25) is 9.59 Å². The maximum Gasteiger partial charge on any atom is 0.315 e. The second kappa shape index (κ2) is 8.40. The number of nitrogens with one attached hydrogen (secondary N) is 1. The third-order valence-electron chi connectivity index (χ3n) is 3.22. The van der Waals surface area contributed by atoms with E-state index in [1.165, 1.54) is 31.0 Å². The van der Waals surface area contributed by atoms with E-state index in [4.69, 9.17) is 4.74 Å². The van der Waals surface area contributed by atoms with Crippen molar-refractivity contribution in [3.8, 4) is 0 Å². The van der Waals surface area contributed by atoms with Gasteiger partial charge in [0.15, 0.2) is 0 Å². The van der Waals surface area contributed by atoms with Gasteiger partial charge in [-0.05, 0) is 25.7 Å². The number of carbonyl (C=O) groups is 2. The van der Waals surface area contributed by atoms with Gasteiger partial charge in [-0.1, -0.05) is 19.8 Å². The van der Waals surface area contributed by atoms with Crippen LogP contribution in [0.3, 0.4) is 0 Å². The topological polar surface area (TPSA) is 55.4 Å². The molecule has 1 rings (SSSR count). The van der Waals surface area contributed by atoms with Crippen LogP contribution in [0.4, 0.5) is 0 Å². The standard InChI is InChI=1S/C13H23NO3S/c1-3-17-13(16)9-18-8-12(15)14-11-7-5-4-6-10(11)2/h10-11H,3-9H2,1-2H3,(H,14,15)/t10-,11+/m1/s1. The van der Waals surface area contributed by atoms with Gasteiger partial charge in [0.2, 0.25) is 5.91 Å². The van der Waals surface area contributed by atoms with Crippen molar-refractivity contribution in [3.05, 3.63) is 0 Å². The minimum atomic E-state index is -0.249. The molecule has 0 aromatic heterocycles. The Labute approximate surface area is 113 Å². The minimum Gasteiger partial charge on any atom is -0.465 e. The van der Waals surface area contributed by atoms with Gasteiger partial charge in [0.25, 0.3) is 0 Å². The van der Waals surface area contributed by atoms with E-state index in [1.807, 2.05) is 0 Å². The van der Waals surface area contributed by atoms with E-state index in [-0.39, 0.29) is 17.6 Å². The third-order valence-corrected chi connectivity index (χ3v) is 4.12. The molecule has 104 valence electrons. The zero-order valence-corrected chi connectivity index (χ0v) is 12.1. The number of rotatable bonds is 6. The van der Waals surface area contributed by atoms with Crippen LogP contribution < -0.4 is 5.32 Å². The van der Waals surface area contributed by atoms with Gasteiger partial charge in [-0.2, -0.15) is 0 Å². The van der Waals surface area contributed by atoms with Crippen LogP contribution in [0.25, 0.3) is 0 Å². The van der Waals surface area contributed by atoms with Crippen LogP contribution in [0.1, 0.15) is 39.5 Å². The summed E-state index contributed by atoms with van der Waals surface area (Å²) in [6.07, 6.45) is 4.74. The first kappa shape index (κ1) is 15.3. The molecule has 2 atom stereocenters. The predicted molar refractivity (Wildman–Crippen MR) is 73.5 cm³/mol. The summed E-state index contributed by atoms with van der Waals surface area (Å²) >= 11 is 1.31. The lowest BCUT2D eigenvalue weighted by atomic mass is 9.86. The maximum absolute atomic E-state index is 11.7. The largest absolute Gasteiger partial charge is 0.465 e. The molecule has 0 aromatic rings. The molecule has 0 saturated heterocycles. The quantitative estimate of drug-likeness (QED) is 0.752. The average Bonchev–Trinajstić information content (AvgIpc) is 2.32. The molecule has 0 heterocycles. The number of hydrogen-bond acceptors (Lipinski definition) is 4. The lowest BCUT2D eigenvalue weighted by molar-refractivity contribution is -0.139. The first-order valence-corrected chi connectivity index (χ1v) is 7.81. The molecule has 0 radical (unpaired) electrons.